The molecule has 1 saturated carbocycles. The molecule has 16 heavy (non-hydrogen) atoms. The van der Waals surface area contributed by atoms with E-state index < -0.39 is 0 Å². The molecule has 1 fully saturated rings. The maximum Gasteiger partial charge on any atom is 0.0438 e. The number of benzene rings is 1. The molecular weight excluding hydrogens is 194 g/mol. The van der Waals surface area contributed by atoms with Gasteiger partial charge >= 0.3 is 0 Å². The van der Waals surface area contributed by atoms with Gasteiger partial charge in [0.2, 0.25) is 0 Å². The average molecular weight is 217 g/mol. The molecule has 1 aromatic rings. The second kappa shape index (κ2) is 4.58. The van der Waals surface area contributed by atoms with Gasteiger partial charge in [-0.05, 0) is 31.2 Å². The van der Waals surface area contributed by atoms with E-state index in [0.29, 0.717) is 5.92 Å². The Morgan fingerprint density at radius 3 is 2.88 bits per heavy atom. The number of nitrogens with two attached hydrogens (primary N) is 1. The first-order valence-corrected chi connectivity index (χ1v) is 6.53. The van der Waals surface area contributed by atoms with E-state index in [1.807, 2.05) is 0 Å². The molecule has 1 nitrogen and oxygen atoms in total. The average Bonchev–Trinajstić information content (AvgIpc) is 2.30. The lowest BCUT2D eigenvalue weighted by molar-refractivity contribution is 0.184. The van der Waals surface area contributed by atoms with Crippen LogP contribution in [-0.4, -0.2) is 0 Å². The highest BCUT2D eigenvalue weighted by Crippen LogP contribution is 2.41. The molecule has 2 atom stereocenters. The van der Waals surface area contributed by atoms with Gasteiger partial charge in [0, 0.05) is 5.54 Å². The van der Waals surface area contributed by atoms with Crippen LogP contribution in [0, 0.1) is 12.8 Å². The first kappa shape index (κ1) is 11.7. The van der Waals surface area contributed by atoms with Crippen molar-refractivity contribution in [2.45, 2.75) is 51.5 Å². The minimum atomic E-state index is -0.0704. The van der Waals surface area contributed by atoms with E-state index in [-0.39, 0.29) is 5.54 Å². The zero-order chi connectivity index (χ0) is 11.6. The normalized spacial score (nSPS) is 30.3. The third-order valence-corrected chi connectivity index (χ3v) is 4.17. The zero-order valence-corrected chi connectivity index (χ0v) is 10.5. The largest absolute Gasteiger partial charge is 0.321 e. The Morgan fingerprint density at radius 1 is 1.38 bits per heavy atom. The number of rotatable bonds is 2. The molecule has 2 N–H and O–H groups in total. The molecule has 0 saturated heterocycles. The quantitative estimate of drug-likeness (QED) is 0.802. The van der Waals surface area contributed by atoms with Gasteiger partial charge in [0.1, 0.15) is 0 Å². The van der Waals surface area contributed by atoms with Gasteiger partial charge in [-0.3, -0.25) is 0 Å². The van der Waals surface area contributed by atoms with Crippen LogP contribution in [0.25, 0.3) is 0 Å². The summed E-state index contributed by atoms with van der Waals surface area (Å²) in [5.74, 6) is 0.656. The van der Waals surface area contributed by atoms with E-state index in [9.17, 15) is 0 Å². The summed E-state index contributed by atoms with van der Waals surface area (Å²) in [6.07, 6.45) is 6.27. The van der Waals surface area contributed by atoms with Crippen LogP contribution in [0.3, 0.4) is 0 Å². The Hall–Kier alpha value is -0.820. The van der Waals surface area contributed by atoms with Gasteiger partial charge in [-0.1, -0.05) is 56.0 Å². The molecule has 0 radical (unpaired) electrons. The summed E-state index contributed by atoms with van der Waals surface area (Å²) in [5.41, 5.74) is 9.30. The Bertz CT molecular complexity index is 358. The smallest absolute Gasteiger partial charge is 0.0438 e. The van der Waals surface area contributed by atoms with Gasteiger partial charge in [-0.2, -0.15) is 0 Å². The van der Waals surface area contributed by atoms with Crippen molar-refractivity contribution < 1.29 is 0 Å². The third kappa shape index (κ3) is 2.01. The SMILES string of the molecule is CCC1CCCCC1(N)c1cccc(C)c1. The Morgan fingerprint density at radius 2 is 2.19 bits per heavy atom. The Labute approximate surface area is 99.0 Å². The fraction of sp³-hybridized carbons (Fsp3) is 0.600. The fourth-order valence-electron chi connectivity index (χ4n) is 3.15. The summed E-state index contributed by atoms with van der Waals surface area (Å²) in [5, 5.41) is 0. The molecular formula is C15H23N. The maximum atomic E-state index is 6.70. The van der Waals surface area contributed by atoms with E-state index in [2.05, 4.69) is 38.1 Å². The molecule has 0 heterocycles. The predicted molar refractivity (Wildman–Crippen MR) is 69.3 cm³/mol. The first-order valence-electron chi connectivity index (χ1n) is 6.53. The van der Waals surface area contributed by atoms with Crippen molar-refractivity contribution in [2.75, 3.05) is 0 Å². The highest BCUT2D eigenvalue weighted by atomic mass is 14.8. The molecule has 1 aliphatic carbocycles. The van der Waals surface area contributed by atoms with Crippen LogP contribution in [0.2, 0.25) is 0 Å². The lowest BCUT2D eigenvalue weighted by Gasteiger charge is -2.41. The molecule has 1 aromatic carbocycles. The van der Waals surface area contributed by atoms with Crippen molar-refractivity contribution in [1.29, 1.82) is 0 Å². The summed E-state index contributed by atoms with van der Waals surface area (Å²) in [6.45, 7) is 4.42. The van der Waals surface area contributed by atoms with E-state index in [4.69, 9.17) is 5.73 Å². The molecule has 1 heteroatoms. The molecule has 0 bridgehead atoms. The van der Waals surface area contributed by atoms with E-state index in [1.54, 1.807) is 0 Å². The number of hydrogen-bond acceptors (Lipinski definition) is 1. The van der Waals surface area contributed by atoms with Gasteiger partial charge < -0.3 is 5.73 Å². The van der Waals surface area contributed by atoms with Crippen LogP contribution >= 0.6 is 0 Å². The van der Waals surface area contributed by atoms with Gasteiger partial charge in [0.25, 0.3) is 0 Å². The summed E-state index contributed by atoms with van der Waals surface area (Å²) in [6, 6.07) is 8.77. The molecule has 2 rings (SSSR count). The monoisotopic (exact) mass is 217 g/mol. The molecule has 0 aromatic heterocycles. The Balaban J connectivity index is 2.34. The number of hydrogen-bond donors (Lipinski definition) is 1. The van der Waals surface area contributed by atoms with Crippen LogP contribution in [-0.2, 0) is 5.54 Å². The minimum Gasteiger partial charge on any atom is -0.321 e. The zero-order valence-electron chi connectivity index (χ0n) is 10.5. The topological polar surface area (TPSA) is 26.0 Å². The minimum absolute atomic E-state index is 0.0704. The first-order chi connectivity index (χ1) is 7.66. The standard InChI is InChI=1S/C15H23N/c1-3-13-8-4-5-10-15(13,16)14-9-6-7-12(2)11-14/h6-7,9,11,13H,3-5,8,10,16H2,1-2H3. The van der Waals surface area contributed by atoms with E-state index in [1.165, 1.54) is 36.8 Å². The van der Waals surface area contributed by atoms with E-state index >= 15 is 0 Å². The molecule has 0 spiro atoms. The van der Waals surface area contributed by atoms with Crippen molar-refractivity contribution in [3.8, 4) is 0 Å². The van der Waals surface area contributed by atoms with Crippen molar-refractivity contribution in [1.82, 2.24) is 0 Å². The summed E-state index contributed by atoms with van der Waals surface area (Å²) < 4.78 is 0. The van der Waals surface area contributed by atoms with Crippen LogP contribution in [0.5, 0.6) is 0 Å². The fourth-order valence-corrected chi connectivity index (χ4v) is 3.15. The third-order valence-electron chi connectivity index (χ3n) is 4.17. The van der Waals surface area contributed by atoms with E-state index in [0.717, 1.165) is 6.42 Å². The molecule has 1 aliphatic rings. The van der Waals surface area contributed by atoms with Crippen molar-refractivity contribution in [2.24, 2.45) is 11.7 Å². The van der Waals surface area contributed by atoms with Gasteiger partial charge in [-0.25, -0.2) is 0 Å². The molecule has 0 aliphatic heterocycles. The highest BCUT2D eigenvalue weighted by Gasteiger charge is 2.37. The summed E-state index contributed by atoms with van der Waals surface area (Å²) in [7, 11) is 0. The van der Waals surface area contributed by atoms with Gasteiger partial charge in [-0.15, -0.1) is 0 Å². The predicted octanol–water partition coefficient (Wildman–Crippen LogP) is 3.75. The molecule has 2 unspecified atom stereocenters. The summed E-state index contributed by atoms with van der Waals surface area (Å²) in [4.78, 5) is 0. The van der Waals surface area contributed by atoms with Crippen LogP contribution < -0.4 is 5.73 Å². The summed E-state index contributed by atoms with van der Waals surface area (Å²) >= 11 is 0. The highest BCUT2D eigenvalue weighted by molar-refractivity contribution is 5.30. The van der Waals surface area contributed by atoms with Crippen LogP contribution in [0.1, 0.15) is 50.2 Å². The van der Waals surface area contributed by atoms with Crippen molar-refractivity contribution in [3.63, 3.8) is 0 Å². The van der Waals surface area contributed by atoms with Crippen LogP contribution in [0.15, 0.2) is 24.3 Å². The van der Waals surface area contributed by atoms with Gasteiger partial charge in [0.05, 0.1) is 0 Å². The van der Waals surface area contributed by atoms with Crippen molar-refractivity contribution >= 4 is 0 Å². The maximum absolute atomic E-state index is 6.70. The number of aryl methyl sites for hydroxylation is 1. The lowest BCUT2D eigenvalue weighted by atomic mass is 9.68. The van der Waals surface area contributed by atoms with Gasteiger partial charge in [0.15, 0.2) is 0 Å². The Kier molecular flexibility index (Phi) is 3.34. The second-order valence-corrected chi connectivity index (χ2v) is 5.26. The molecule has 0 amide bonds. The van der Waals surface area contributed by atoms with Crippen molar-refractivity contribution in [3.05, 3.63) is 35.4 Å². The molecule has 88 valence electrons. The second-order valence-electron chi connectivity index (χ2n) is 5.26. The van der Waals surface area contributed by atoms with Crippen LogP contribution in [0.4, 0.5) is 0 Å². The lowest BCUT2D eigenvalue weighted by Crippen LogP contribution is -2.46.